The van der Waals surface area contributed by atoms with Crippen molar-refractivity contribution in [2.24, 2.45) is 0 Å². The molecule has 2 nitrogen and oxygen atoms in total. The molecular formula is C66H98N2Pd. The zero-order valence-corrected chi connectivity index (χ0v) is 46.2. The van der Waals surface area contributed by atoms with Crippen LogP contribution in [0, 0.1) is 0 Å². The van der Waals surface area contributed by atoms with Gasteiger partial charge in [0, 0.05) is 0 Å². The summed E-state index contributed by atoms with van der Waals surface area (Å²) in [6.07, 6.45) is 46.2. The first-order valence-electron chi connectivity index (χ1n) is 28.6. The van der Waals surface area contributed by atoms with Crippen LogP contribution in [0.2, 0.25) is 0 Å². The molecule has 0 heterocycles. The second-order valence-electron chi connectivity index (χ2n) is 19.8. The number of rotatable bonds is 39. The van der Waals surface area contributed by atoms with Crippen LogP contribution in [0.25, 0.3) is 11.1 Å². The molecule has 4 aromatic carbocycles. The molecular weight excluding hydrogens is 927 g/mol. The van der Waals surface area contributed by atoms with Crippen LogP contribution >= 0.6 is 0 Å². The van der Waals surface area contributed by atoms with Gasteiger partial charge in [0.1, 0.15) is 0 Å². The van der Waals surface area contributed by atoms with Crippen LogP contribution < -0.4 is 8.07 Å². The van der Waals surface area contributed by atoms with Crippen molar-refractivity contribution in [3.05, 3.63) is 148 Å². The molecule has 0 amide bonds. The van der Waals surface area contributed by atoms with E-state index in [4.69, 9.17) is 0 Å². The van der Waals surface area contributed by atoms with Gasteiger partial charge in [-0.2, -0.15) is 0 Å². The van der Waals surface area contributed by atoms with E-state index in [-0.39, 0.29) is 0 Å². The fraction of sp³-hybridized carbons (Fsp3) is 0.576. The normalized spacial score (nSPS) is 11.4. The van der Waals surface area contributed by atoms with Crippen LogP contribution in [0.3, 0.4) is 0 Å². The molecule has 0 aliphatic heterocycles. The molecule has 0 unspecified atom stereocenters. The fourth-order valence-corrected chi connectivity index (χ4v) is 11.2. The van der Waals surface area contributed by atoms with Crippen molar-refractivity contribution >= 4 is 19.5 Å². The fourth-order valence-electron chi connectivity index (χ4n) is 9.52. The summed E-state index contributed by atoms with van der Waals surface area (Å²) in [7, 11) is 0. The molecule has 0 atom stereocenters. The van der Waals surface area contributed by atoms with E-state index in [1.54, 1.807) is 0 Å². The average molecular weight is 1030 g/mol. The molecule has 0 fully saturated rings. The Labute approximate surface area is 433 Å². The van der Waals surface area contributed by atoms with Gasteiger partial charge in [0.25, 0.3) is 0 Å². The predicted octanol–water partition coefficient (Wildman–Crippen LogP) is 19.7. The van der Waals surface area contributed by atoms with Crippen molar-refractivity contribution in [1.29, 1.82) is 0 Å². The summed E-state index contributed by atoms with van der Waals surface area (Å²) in [5.41, 5.74) is 18.3. The molecule has 4 aromatic rings. The summed E-state index contributed by atoms with van der Waals surface area (Å²) in [4.78, 5) is 3.34. The Bertz CT molecular complexity index is 1910. The molecule has 0 N–H and O–H groups in total. The average Bonchev–Trinajstić information content (AvgIpc) is 3.37. The topological polar surface area (TPSA) is 36.4 Å². The number of nitrogens with zero attached hydrogens (tertiary/aromatic N) is 2. The zero-order valence-electron chi connectivity index (χ0n) is 44.6. The van der Waals surface area contributed by atoms with Crippen molar-refractivity contribution in [2.75, 3.05) is 0 Å². The molecule has 3 heteroatoms. The third kappa shape index (κ3) is 29.4. The van der Waals surface area contributed by atoms with E-state index in [0.29, 0.717) is 18.0 Å². The van der Waals surface area contributed by atoms with Crippen LogP contribution in [0.1, 0.15) is 255 Å². The predicted molar refractivity (Wildman–Crippen MR) is 301 cm³/mol. The Kier molecular flexibility index (Phi) is 36.5. The summed E-state index contributed by atoms with van der Waals surface area (Å²) in [6, 6.07) is 39.7. The minimum atomic E-state index is 0.575. The Morgan fingerprint density at radius 1 is 0.406 bits per heavy atom. The van der Waals surface area contributed by atoms with Gasteiger partial charge in [-0.05, 0) is 78.8 Å². The van der Waals surface area contributed by atoms with Gasteiger partial charge in [-0.1, -0.05) is 249 Å². The molecule has 0 aromatic heterocycles. The Hall–Kier alpha value is -3.56. The number of unbranched alkanes of at least 4 members (excludes halogenated alkanes) is 28. The Balaban J connectivity index is 0.000000823. The monoisotopic (exact) mass is 1020 g/mol. The van der Waals surface area contributed by atoms with Gasteiger partial charge in [-0.25, -0.2) is 0 Å². The van der Waals surface area contributed by atoms with Gasteiger partial charge in [0.2, 0.25) is 0 Å². The van der Waals surface area contributed by atoms with E-state index in [1.165, 1.54) is 228 Å². The first-order chi connectivity index (χ1) is 34.1. The van der Waals surface area contributed by atoms with E-state index in [0.717, 1.165) is 37.7 Å². The molecule has 0 saturated heterocycles. The van der Waals surface area contributed by atoms with Gasteiger partial charge in [-0.3, -0.25) is 0 Å². The number of aryl methyl sites for hydroxylation is 2. The Morgan fingerprint density at radius 2 is 0.739 bits per heavy atom. The van der Waals surface area contributed by atoms with Gasteiger partial charge in [0.05, 0.1) is 5.57 Å². The summed E-state index contributed by atoms with van der Waals surface area (Å²) in [5, 5.41) is 0. The minimum absolute atomic E-state index is 0.575. The van der Waals surface area contributed by atoms with Crippen molar-refractivity contribution in [1.82, 2.24) is 0 Å². The number of hydrogen-bond donors (Lipinski definition) is 0. The van der Waals surface area contributed by atoms with E-state index < -0.39 is 0 Å². The van der Waals surface area contributed by atoms with Crippen molar-refractivity contribution in [3.63, 3.8) is 0 Å². The summed E-state index contributed by atoms with van der Waals surface area (Å²) in [5.74, 6) is 2.90. The summed E-state index contributed by atoms with van der Waals surface area (Å²) >= 11 is 0.575. The first kappa shape index (κ1) is 59.7. The van der Waals surface area contributed by atoms with Crippen LogP contribution in [0.5, 0.6) is 0 Å². The number of allylic oxidation sites excluding steroid dienone is 2. The second-order valence-corrected chi connectivity index (χ2v) is 22.0. The summed E-state index contributed by atoms with van der Waals surface area (Å²) < 4.78 is 2.84. The molecule has 0 aliphatic carbocycles. The maximum atomic E-state index is 9.47. The quantitative estimate of drug-likeness (QED) is 0.0107. The van der Waals surface area contributed by atoms with E-state index in [1.807, 2.05) is 0 Å². The van der Waals surface area contributed by atoms with Crippen molar-refractivity contribution in [3.8, 4) is 0 Å². The molecule has 0 aliphatic rings. The molecule has 382 valence electrons. The van der Waals surface area contributed by atoms with Crippen LogP contribution in [0.15, 0.2) is 120 Å². The van der Waals surface area contributed by atoms with E-state index in [9.17, 15) is 5.53 Å². The third-order valence-electron chi connectivity index (χ3n) is 13.7. The standard InChI is InChI=1S/C54H88N2.2C6H5.Pd/c1-5-8-11-13-15-16-17-18-19-20-21-22-23-24-25-26-27-28-29-30-31-33-35-39-50-41-37-43-52(46-50)54(53(44-10-7-3)48(4)47-56-55)51-42-36-40-49(45-51)38-34-32-14-12-9-6-2;2*1-2-4-6-5-3-1;/h36-37,40-43,45-46H,5-35,38-39,44H2,1-4H3;2*1-5H;. The zero-order chi connectivity index (χ0) is 49.1. The van der Waals surface area contributed by atoms with Gasteiger partial charge in [0.15, 0.2) is 0 Å². The molecule has 0 spiro atoms. The molecule has 0 bridgehead atoms. The van der Waals surface area contributed by atoms with Gasteiger partial charge < -0.3 is 5.53 Å². The second kappa shape index (κ2) is 42.2. The summed E-state index contributed by atoms with van der Waals surface area (Å²) in [6.45, 7) is 8.89. The molecule has 4 rings (SSSR count). The van der Waals surface area contributed by atoms with Crippen molar-refractivity contribution < 1.29 is 22.8 Å². The van der Waals surface area contributed by atoms with Gasteiger partial charge in [-0.15, -0.1) is 4.79 Å². The SMILES string of the molecule is CCCCCCCCCCCCCCCCCCCCCCCCCc1cccc(C(=C(CCCC)C(C)=C=[N+]=[N-])c2cccc(CCCCCCCC)c2)c1.c1cc[c]([Pd][c]2ccccc2)cc1. The number of benzene rings is 4. The van der Waals surface area contributed by atoms with Gasteiger partial charge >= 0.3 is 92.6 Å². The third-order valence-corrected chi connectivity index (χ3v) is 15.6. The maximum absolute atomic E-state index is 9.47. The molecule has 0 radical (unpaired) electrons. The van der Waals surface area contributed by atoms with Crippen LogP contribution in [-0.4, -0.2) is 10.7 Å². The number of hydrogen-bond acceptors (Lipinski definition) is 0. The first-order valence-corrected chi connectivity index (χ1v) is 30.2. The van der Waals surface area contributed by atoms with E-state index >= 15 is 0 Å². The Morgan fingerprint density at radius 3 is 1.07 bits per heavy atom. The molecule has 69 heavy (non-hydrogen) atoms. The van der Waals surface area contributed by atoms with E-state index in [2.05, 4.69) is 148 Å². The van der Waals surface area contributed by atoms with Crippen molar-refractivity contribution in [2.45, 2.75) is 246 Å². The molecule has 0 saturated carbocycles. The van der Waals surface area contributed by atoms with Crippen LogP contribution in [0.4, 0.5) is 0 Å². The van der Waals surface area contributed by atoms with Crippen LogP contribution in [-0.2, 0) is 30.8 Å².